The Hall–Kier alpha value is -2.94. The van der Waals surface area contributed by atoms with Crippen LogP contribution in [0.4, 0.5) is 10.1 Å². The van der Waals surface area contributed by atoms with Gasteiger partial charge in [-0.15, -0.1) is 0 Å². The SMILES string of the molecule is CCCCNC(=O)C(C)N(Cc1ccc(F)cc1)C(=O)CCCN(c1ccccc1C)S(C)(=O)=O. The number of unbranched alkanes of at least 4 members (excludes halogenated alkanes) is 1. The topological polar surface area (TPSA) is 86.8 Å². The number of hydrogen-bond acceptors (Lipinski definition) is 4. The van der Waals surface area contributed by atoms with Gasteiger partial charge in [0.25, 0.3) is 0 Å². The number of hydrogen-bond donors (Lipinski definition) is 1. The minimum atomic E-state index is -3.55. The maximum absolute atomic E-state index is 13.4. The molecule has 0 aliphatic rings. The zero-order valence-corrected chi connectivity index (χ0v) is 21.8. The van der Waals surface area contributed by atoms with Crippen LogP contribution in [-0.4, -0.2) is 50.5 Å². The van der Waals surface area contributed by atoms with Crippen molar-refractivity contribution in [2.45, 2.75) is 59.0 Å². The standard InChI is InChI=1S/C26H36FN3O4S/c1-5-6-17-28-26(32)21(3)29(19-22-13-15-23(27)16-14-22)25(31)12-9-18-30(35(4,33)34)24-11-8-7-10-20(24)2/h7-8,10-11,13-16,21H,5-6,9,12,17-19H2,1-4H3,(H,28,32). The Labute approximate surface area is 208 Å². The summed E-state index contributed by atoms with van der Waals surface area (Å²) in [6, 6.07) is 12.3. The number of anilines is 1. The highest BCUT2D eigenvalue weighted by molar-refractivity contribution is 7.92. The van der Waals surface area contributed by atoms with Crippen LogP contribution >= 0.6 is 0 Å². The van der Waals surface area contributed by atoms with Gasteiger partial charge in [0.2, 0.25) is 21.8 Å². The number of nitrogens with one attached hydrogen (secondary N) is 1. The van der Waals surface area contributed by atoms with Crippen LogP contribution in [0, 0.1) is 12.7 Å². The number of carbonyl (C=O) groups is 2. The van der Waals surface area contributed by atoms with Crippen LogP contribution in [0.25, 0.3) is 0 Å². The molecule has 0 spiro atoms. The predicted octanol–water partition coefficient (Wildman–Crippen LogP) is 4.01. The minimum absolute atomic E-state index is 0.0612. The van der Waals surface area contributed by atoms with E-state index in [1.807, 2.05) is 26.0 Å². The Morgan fingerprint density at radius 3 is 2.31 bits per heavy atom. The molecular formula is C26H36FN3O4S. The molecule has 0 aliphatic carbocycles. The number of carbonyl (C=O) groups excluding carboxylic acids is 2. The van der Waals surface area contributed by atoms with Gasteiger partial charge in [0.1, 0.15) is 11.9 Å². The first-order chi connectivity index (χ1) is 16.5. The van der Waals surface area contributed by atoms with E-state index >= 15 is 0 Å². The first-order valence-electron chi connectivity index (χ1n) is 11.9. The number of halogens is 1. The number of rotatable bonds is 13. The molecule has 0 radical (unpaired) electrons. The largest absolute Gasteiger partial charge is 0.354 e. The second kappa shape index (κ2) is 13.2. The highest BCUT2D eigenvalue weighted by Gasteiger charge is 2.26. The van der Waals surface area contributed by atoms with Gasteiger partial charge in [-0.3, -0.25) is 13.9 Å². The fourth-order valence-electron chi connectivity index (χ4n) is 3.73. The molecule has 2 aromatic rings. The van der Waals surface area contributed by atoms with E-state index in [9.17, 15) is 22.4 Å². The summed E-state index contributed by atoms with van der Waals surface area (Å²) in [5, 5.41) is 2.86. The van der Waals surface area contributed by atoms with E-state index in [1.54, 1.807) is 31.2 Å². The summed E-state index contributed by atoms with van der Waals surface area (Å²) >= 11 is 0. The molecule has 2 aromatic carbocycles. The lowest BCUT2D eigenvalue weighted by Gasteiger charge is -2.29. The van der Waals surface area contributed by atoms with Crippen molar-refractivity contribution in [3.63, 3.8) is 0 Å². The molecule has 9 heteroatoms. The Bertz CT molecular complexity index is 1090. The van der Waals surface area contributed by atoms with E-state index in [-0.39, 0.29) is 43.6 Å². The van der Waals surface area contributed by atoms with Crippen molar-refractivity contribution in [1.29, 1.82) is 0 Å². The predicted molar refractivity (Wildman–Crippen MR) is 137 cm³/mol. The summed E-state index contributed by atoms with van der Waals surface area (Å²) in [6.07, 6.45) is 3.26. The third-order valence-corrected chi connectivity index (χ3v) is 6.98. The van der Waals surface area contributed by atoms with Crippen LogP contribution in [0.15, 0.2) is 48.5 Å². The number of para-hydroxylation sites is 1. The molecule has 0 aliphatic heterocycles. The molecule has 0 fully saturated rings. The normalized spacial score (nSPS) is 12.1. The van der Waals surface area contributed by atoms with Crippen LogP contribution in [-0.2, 0) is 26.2 Å². The van der Waals surface area contributed by atoms with Crippen molar-refractivity contribution in [2.24, 2.45) is 0 Å². The summed E-state index contributed by atoms with van der Waals surface area (Å²) in [5.74, 6) is -0.911. The second-order valence-electron chi connectivity index (χ2n) is 8.69. The van der Waals surface area contributed by atoms with E-state index in [2.05, 4.69) is 5.32 Å². The van der Waals surface area contributed by atoms with Crippen molar-refractivity contribution in [3.8, 4) is 0 Å². The molecule has 0 bridgehead atoms. The van der Waals surface area contributed by atoms with E-state index in [0.29, 0.717) is 17.8 Å². The van der Waals surface area contributed by atoms with Gasteiger partial charge in [-0.1, -0.05) is 43.7 Å². The molecule has 0 heterocycles. The van der Waals surface area contributed by atoms with Gasteiger partial charge in [0.15, 0.2) is 0 Å². The van der Waals surface area contributed by atoms with Crippen LogP contribution in [0.2, 0.25) is 0 Å². The summed E-state index contributed by atoms with van der Waals surface area (Å²) < 4.78 is 39.5. The number of aryl methyl sites for hydroxylation is 1. The van der Waals surface area contributed by atoms with Crippen LogP contribution < -0.4 is 9.62 Å². The number of benzene rings is 2. The highest BCUT2D eigenvalue weighted by Crippen LogP contribution is 2.23. The minimum Gasteiger partial charge on any atom is -0.354 e. The van der Waals surface area contributed by atoms with Gasteiger partial charge in [-0.25, -0.2) is 12.8 Å². The lowest BCUT2D eigenvalue weighted by molar-refractivity contribution is -0.140. The number of nitrogens with zero attached hydrogens (tertiary/aromatic N) is 2. The maximum atomic E-state index is 13.4. The van der Waals surface area contributed by atoms with Gasteiger partial charge >= 0.3 is 0 Å². The fraction of sp³-hybridized carbons (Fsp3) is 0.462. The van der Waals surface area contributed by atoms with E-state index in [0.717, 1.165) is 24.7 Å². The number of amides is 2. The van der Waals surface area contributed by atoms with Gasteiger partial charge in [-0.2, -0.15) is 0 Å². The quantitative estimate of drug-likeness (QED) is 0.417. The average Bonchev–Trinajstić information content (AvgIpc) is 2.81. The first kappa shape index (κ1) is 28.3. The Morgan fingerprint density at radius 2 is 1.71 bits per heavy atom. The molecule has 2 amide bonds. The van der Waals surface area contributed by atoms with Crippen LogP contribution in [0.1, 0.15) is 50.7 Å². The zero-order valence-electron chi connectivity index (χ0n) is 21.0. The Kier molecular flexibility index (Phi) is 10.7. The molecule has 2 rings (SSSR count). The van der Waals surface area contributed by atoms with Gasteiger partial charge in [0.05, 0.1) is 11.9 Å². The molecule has 1 atom stereocenters. The van der Waals surface area contributed by atoms with Crippen LogP contribution in [0.5, 0.6) is 0 Å². The van der Waals surface area contributed by atoms with Crippen molar-refractivity contribution in [2.75, 3.05) is 23.7 Å². The average molecular weight is 506 g/mol. The molecule has 192 valence electrons. The summed E-state index contributed by atoms with van der Waals surface area (Å²) in [4.78, 5) is 27.4. The zero-order chi connectivity index (χ0) is 26.0. The summed E-state index contributed by atoms with van der Waals surface area (Å²) in [7, 11) is -3.55. The number of sulfonamides is 1. The van der Waals surface area contributed by atoms with E-state index in [1.165, 1.54) is 21.3 Å². The monoisotopic (exact) mass is 505 g/mol. The van der Waals surface area contributed by atoms with E-state index in [4.69, 9.17) is 0 Å². The van der Waals surface area contributed by atoms with Crippen molar-refractivity contribution in [1.82, 2.24) is 10.2 Å². The Balaban J connectivity index is 2.14. The molecular weight excluding hydrogens is 469 g/mol. The van der Waals surface area contributed by atoms with Gasteiger partial charge in [0, 0.05) is 26.1 Å². The molecule has 35 heavy (non-hydrogen) atoms. The first-order valence-corrected chi connectivity index (χ1v) is 13.7. The maximum Gasteiger partial charge on any atom is 0.242 e. The Morgan fingerprint density at radius 1 is 1.06 bits per heavy atom. The second-order valence-corrected chi connectivity index (χ2v) is 10.6. The van der Waals surface area contributed by atoms with Crippen molar-refractivity contribution < 1.29 is 22.4 Å². The molecule has 1 unspecified atom stereocenters. The third kappa shape index (κ3) is 8.65. The highest BCUT2D eigenvalue weighted by atomic mass is 32.2. The molecule has 7 nitrogen and oxygen atoms in total. The smallest absolute Gasteiger partial charge is 0.242 e. The summed E-state index contributed by atoms with van der Waals surface area (Å²) in [5.41, 5.74) is 2.10. The third-order valence-electron chi connectivity index (χ3n) is 5.80. The molecule has 1 N–H and O–H groups in total. The van der Waals surface area contributed by atoms with E-state index < -0.39 is 16.1 Å². The van der Waals surface area contributed by atoms with Crippen molar-refractivity contribution >= 4 is 27.5 Å². The lowest BCUT2D eigenvalue weighted by Crippen LogP contribution is -2.48. The molecule has 0 saturated carbocycles. The fourth-order valence-corrected chi connectivity index (χ4v) is 4.75. The molecule has 0 saturated heterocycles. The van der Waals surface area contributed by atoms with Gasteiger partial charge < -0.3 is 10.2 Å². The van der Waals surface area contributed by atoms with Crippen LogP contribution in [0.3, 0.4) is 0 Å². The van der Waals surface area contributed by atoms with Gasteiger partial charge in [-0.05, 0) is 56.0 Å². The lowest BCUT2D eigenvalue weighted by atomic mass is 10.1. The molecule has 0 aromatic heterocycles. The van der Waals surface area contributed by atoms with Crippen molar-refractivity contribution in [3.05, 3.63) is 65.5 Å². The summed E-state index contributed by atoms with van der Waals surface area (Å²) in [6.45, 7) is 6.33.